The Hall–Kier alpha value is -1.62. The highest BCUT2D eigenvalue weighted by Crippen LogP contribution is 2.18. The normalized spacial score (nSPS) is 15.9. The average molecular weight is 252 g/mol. The van der Waals surface area contributed by atoms with Crippen LogP contribution in [-0.4, -0.2) is 44.1 Å². The van der Waals surface area contributed by atoms with E-state index in [-0.39, 0.29) is 17.5 Å². The van der Waals surface area contributed by atoms with Gasteiger partial charge in [-0.2, -0.15) is 0 Å². The fourth-order valence-corrected chi connectivity index (χ4v) is 2.01. The molecule has 1 N–H and O–H groups in total. The highest BCUT2D eigenvalue weighted by Gasteiger charge is 2.17. The second-order valence-electron chi connectivity index (χ2n) is 4.28. The SMILES string of the molecule is COc1ccc(CCN2CCNCC2=O)cc1F. The standard InChI is InChI=1S/C13H17FN2O2/c1-18-12-3-2-10(8-11(12)14)4-6-16-7-5-15-9-13(16)17/h2-3,8,15H,4-7,9H2,1H3. The Kier molecular flexibility index (Phi) is 4.15. The van der Waals surface area contributed by atoms with Crippen LogP contribution in [0.1, 0.15) is 5.56 Å². The van der Waals surface area contributed by atoms with Gasteiger partial charge in [0.05, 0.1) is 13.7 Å². The quantitative estimate of drug-likeness (QED) is 0.862. The topological polar surface area (TPSA) is 41.6 Å². The van der Waals surface area contributed by atoms with Crippen molar-refractivity contribution >= 4 is 5.91 Å². The summed E-state index contributed by atoms with van der Waals surface area (Å²) in [6, 6.07) is 4.91. The zero-order chi connectivity index (χ0) is 13.0. The van der Waals surface area contributed by atoms with Crippen LogP contribution in [-0.2, 0) is 11.2 Å². The van der Waals surface area contributed by atoms with Crippen LogP contribution in [0.4, 0.5) is 4.39 Å². The lowest BCUT2D eigenvalue weighted by atomic mass is 10.1. The van der Waals surface area contributed by atoms with Crippen LogP contribution in [0, 0.1) is 5.82 Å². The van der Waals surface area contributed by atoms with Crippen LogP contribution >= 0.6 is 0 Å². The number of nitrogens with one attached hydrogen (secondary N) is 1. The summed E-state index contributed by atoms with van der Waals surface area (Å²) in [5.74, 6) is -0.00568. The van der Waals surface area contributed by atoms with Crippen molar-refractivity contribution in [1.29, 1.82) is 0 Å². The largest absolute Gasteiger partial charge is 0.494 e. The van der Waals surface area contributed by atoms with E-state index in [0.29, 0.717) is 19.5 Å². The van der Waals surface area contributed by atoms with Gasteiger partial charge >= 0.3 is 0 Å². The summed E-state index contributed by atoms with van der Waals surface area (Å²) < 4.78 is 18.3. The number of nitrogens with zero attached hydrogens (tertiary/aromatic N) is 1. The summed E-state index contributed by atoms with van der Waals surface area (Å²) in [4.78, 5) is 13.4. The Balaban J connectivity index is 1.93. The Morgan fingerprint density at radius 2 is 2.33 bits per heavy atom. The van der Waals surface area contributed by atoms with Crippen LogP contribution in [0.5, 0.6) is 5.75 Å². The summed E-state index contributed by atoms with van der Waals surface area (Å²) in [7, 11) is 1.44. The maximum atomic E-state index is 13.5. The van der Waals surface area contributed by atoms with Gasteiger partial charge in [-0.1, -0.05) is 6.07 Å². The fourth-order valence-electron chi connectivity index (χ4n) is 2.01. The number of amides is 1. The molecule has 2 rings (SSSR count). The summed E-state index contributed by atoms with van der Waals surface area (Å²) in [5, 5.41) is 3.02. The van der Waals surface area contributed by atoms with Gasteiger partial charge < -0.3 is 15.0 Å². The Labute approximate surface area is 106 Å². The number of piperazine rings is 1. The van der Waals surface area contributed by atoms with E-state index in [1.54, 1.807) is 11.0 Å². The molecular formula is C13H17FN2O2. The lowest BCUT2D eigenvalue weighted by Gasteiger charge is -2.27. The van der Waals surface area contributed by atoms with E-state index in [4.69, 9.17) is 4.74 Å². The zero-order valence-electron chi connectivity index (χ0n) is 10.4. The van der Waals surface area contributed by atoms with E-state index >= 15 is 0 Å². The van der Waals surface area contributed by atoms with E-state index in [1.165, 1.54) is 13.2 Å². The molecule has 18 heavy (non-hydrogen) atoms. The predicted octanol–water partition coefficient (Wildman–Crippen LogP) is 0.809. The molecule has 0 unspecified atom stereocenters. The van der Waals surface area contributed by atoms with Gasteiger partial charge in [0.25, 0.3) is 0 Å². The van der Waals surface area contributed by atoms with Crippen LogP contribution in [0.2, 0.25) is 0 Å². The molecule has 1 amide bonds. The lowest BCUT2D eigenvalue weighted by Crippen LogP contribution is -2.48. The summed E-state index contributed by atoms with van der Waals surface area (Å²) >= 11 is 0. The van der Waals surface area contributed by atoms with Crippen molar-refractivity contribution in [3.63, 3.8) is 0 Å². The molecule has 0 spiro atoms. The van der Waals surface area contributed by atoms with Crippen molar-refractivity contribution in [3.05, 3.63) is 29.6 Å². The molecule has 1 fully saturated rings. The molecule has 0 radical (unpaired) electrons. The minimum atomic E-state index is -0.360. The first-order valence-electron chi connectivity index (χ1n) is 6.01. The van der Waals surface area contributed by atoms with Gasteiger partial charge in [-0.3, -0.25) is 4.79 Å². The molecule has 5 heteroatoms. The van der Waals surface area contributed by atoms with Crippen molar-refractivity contribution in [3.8, 4) is 5.75 Å². The van der Waals surface area contributed by atoms with Crippen LogP contribution in [0.25, 0.3) is 0 Å². The maximum Gasteiger partial charge on any atom is 0.236 e. The van der Waals surface area contributed by atoms with E-state index < -0.39 is 0 Å². The molecule has 0 bridgehead atoms. The van der Waals surface area contributed by atoms with E-state index in [2.05, 4.69) is 5.32 Å². The number of carbonyl (C=O) groups excluding carboxylic acids is 1. The van der Waals surface area contributed by atoms with E-state index in [1.807, 2.05) is 6.07 Å². The molecule has 4 nitrogen and oxygen atoms in total. The van der Waals surface area contributed by atoms with Crippen LogP contribution in [0.15, 0.2) is 18.2 Å². The third-order valence-electron chi connectivity index (χ3n) is 3.07. The molecule has 0 atom stereocenters. The minimum Gasteiger partial charge on any atom is -0.494 e. The highest BCUT2D eigenvalue weighted by molar-refractivity contribution is 5.78. The molecule has 1 aliphatic heterocycles. The molecule has 0 aromatic heterocycles. The monoisotopic (exact) mass is 252 g/mol. The number of methoxy groups -OCH3 is 1. The number of rotatable bonds is 4. The van der Waals surface area contributed by atoms with E-state index in [0.717, 1.165) is 18.7 Å². The van der Waals surface area contributed by atoms with E-state index in [9.17, 15) is 9.18 Å². The summed E-state index contributed by atoms with van der Waals surface area (Å²) in [5.41, 5.74) is 0.875. The van der Waals surface area contributed by atoms with Crippen molar-refractivity contribution in [2.75, 3.05) is 33.3 Å². The van der Waals surface area contributed by atoms with Gasteiger partial charge in [-0.15, -0.1) is 0 Å². The highest BCUT2D eigenvalue weighted by atomic mass is 19.1. The van der Waals surface area contributed by atoms with Crippen LogP contribution in [0.3, 0.4) is 0 Å². The third kappa shape index (κ3) is 2.98. The molecule has 1 saturated heterocycles. The molecule has 0 aliphatic carbocycles. The van der Waals surface area contributed by atoms with Gasteiger partial charge in [0.1, 0.15) is 0 Å². The third-order valence-corrected chi connectivity index (χ3v) is 3.07. The Morgan fingerprint density at radius 3 is 3.00 bits per heavy atom. The van der Waals surface area contributed by atoms with Gasteiger partial charge in [-0.25, -0.2) is 4.39 Å². The number of hydrogen-bond donors (Lipinski definition) is 1. The van der Waals surface area contributed by atoms with Gasteiger partial charge in [0, 0.05) is 19.6 Å². The molecular weight excluding hydrogens is 235 g/mol. The first kappa shape index (κ1) is 12.8. The molecule has 0 saturated carbocycles. The van der Waals surface area contributed by atoms with Gasteiger partial charge in [0.2, 0.25) is 5.91 Å². The number of carbonyl (C=O) groups is 1. The van der Waals surface area contributed by atoms with Crippen molar-refractivity contribution in [1.82, 2.24) is 10.2 Å². The minimum absolute atomic E-state index is 0.107. The molecule has 1 aromatic carbocycles. The van der Waals surface area contributed by atoms with Crippen molar-refractivity contribution < 1.29 is 13.9 Å². The fraction of sp³-hybridized carbons (Fsp3) is 0.462. The first-order chi connectivity index (χ1) is 8.70. The van der Waals surface area contributed by atoms with Crippen molar-refractivity contribution in [2.24, 2.45) is 0 Å². The number of ether oxygens (including phenoxy) is 1. The van der Waals surface area contributed by atoms with Crippen molar-refractivity contribution in [2.45, 2.75) is 6.42 Å². The maximum absolute atomic E-state index is 13.5. The summed E-state index contributed by atoms with van der Waals surface area (Å²) in [6.07, 6.45) is 0.659. The number of hydrogen-bond acceptors (Lipinski definition) is 3. The predicted molar refractivity (Wildman–Crippen MR) is 66.1 cm³/mol. The molecule has 1 heterocycles. The summed E-state index contributed by atoms with van der Waals surface area (Å²) in [6.45, 7) is 2.57. The van der Waals surface area contributed by atoms with Crippen LogP contribution < -0.4 is 10.1 Å². The molecule has 98 valence electrons. The Bertz CT molecular complexity index is 437. The first-order valence-corrected chi connectivity index (χ1v) is 6.01. The van der Waals surface area contributed by atoms with Gasteiger partial charge in [-0.05, 0) is 24.1 Å². The smallest absolute Gasteiger partial charge is 0.236 e. The second-order valence-corrected chi connectivity index (χ2v) is 4.28. The Morgan fingerprint density at radius 1 is 1.50 bits per heavy atom. The lowest BCUT2D eigenvalue weighted by molar-refractivity contribution is -0.131. The second kappa shape index (κ2) is 5.82. The zero-order valence-corrected chi connectivity index (χ0v) is 10.4. The number of halogens is 1. The molecule has 1 aliphatic rings. The average Bonchev–Trinajstić information content (AvgIpc) is 2.38. The number of benzene rings is 1. The van der Waals surface area contributed by atoms with Gasteiger partial charge in [0.15, 0.2) is 11.6 Å². The molecule has 1 aromatic rings.